The Balaban J connectivity index is 1.46. The summed E-state index contributed by atoms with van der Waals surface area (Å²) in [5.74, 6) is 1.88. The minimum Gasteiger partial charge on any atom is -0.337 e. The van der Waals surface area contributed by atoms with Crippen molar-refractivity contribution in [1.82, 2.24) is 14.9 Å². The molecule has 1 aliphatic rings. The van der Waals surface area contributed by atoms with Gasteiger partial charge in [0.1, 0.15) is 0 Å². The lowest BCUT2D eigenvalue weighted by Crippen LogP contribution is -2.27. The number of rotatable bonds is 7. The third-order valence-corrected chi connectivity index (χ3v) is 4.06. The van der Waals surface area contributed by atoms with Gasteiger partial charge in [0.2, 0.25) is 0 Å². The standard InChI is InChI=1S/C15H27N3/c1-14-5-4-6-15(11-14)12-16-7-2-3-9-18-10-8-17-13-18/h8,10,13-16H,2-7,9,11-12H2,1H3. The summed E-state index contributed by atoms with van der Waals surface area (Å²) in [6, 6.07) is 0. The molecular weight excluding hydrogens is 222 g/mol. The zero-order valence-electron chi connectivity index (χ0n) is 11.6. The van der Waals surface area contributed by atoms with Crippen molar-refractivity contribution in [3.8, 4) is 0 Å². The van der Waals surface area contributed by atoms with Crippen molar-refractivity contribution in [2.45, 2.75) is 52.0 Å². The molecule has 102 valence electrons. The number of aryl methyl sites for hydroxylation is 1. The highest BCUT2D eigenvalue weighted by Crippen LogP contribution is 2.27. The van der Waals surface area contributed by atoms with E-state index < -0.39 is 0 Å². The first-order valence-electron chi connectivity index (χ1n) is 7.51. The van der Waals surface area contributed by atoms with Gasteiger partial charge in [0.05, 0.1) is 6.33 Å². The Morgan fingerprint density at radius 3 is 3.06 bits per heavy atom. The molecule has 1 N–H and O–H groups in total. The summed E-state index contributed by atoms with van der Waals surface area (Å²) in [4.78, 5) is 4.05. The van der Waals surface area contributed by atoms with E-state index in [1.165, 1.54) is 51.6 Å². The molecule has 1 aromatic heterocycles. The summed E-state index contributed by atoms with van der Waals surface area (Å²) in [7, 11) is 0. The van der Waals surface area contributed by atoms with Crippen LogP contribution in [0.2, 0.25) is 0 Å². The second-order valence-corrected chi connectivity index (χ2v) is 5.85. The van der Waals surface area contributed by atoms with Crippen molar-refractivity contribution >= 4 is 0 Å². The van der Waals surface area contributed by atoms with Crippen LogP contribution in [0.1, 0.15) is 45.4 Å². The van der Waals surface area contributed by atoms with Gasteiger partial charge in [0.15, 0.2) is 0 Å². The van der Waals surface area contributed by atoms with Crippen LogP contribution >= 0.6 is 0 Å². The predicted octanol–water partition coefficient (Wildman–Crippen LogP) is 3.08. The maximum absolute atomic E-state index is 4.05. The second kappa shape index (κ2) is 7.57. The van der Waals surface area contributed by atoms with Gasteiger partial charge in [0, 0.05) is 18.9 Å². The average Bonchev–Trinajstić information content (AvgIpc) is 2.87. The largest absolute Gasteiger partial charge is 0.337 e. The van der Waals surface area contributed by atoms with Crippen LogP contribution in [-0.4, -0.2) is 22.6 Å². The number of hydrogen-bond acceptors (Lipinski definition) is 2. The Morgan fingerprint density at radius 2 is 2.28 bits per heavy atom. The van der Waals surface area contributed by atoms with Crippen LogP contribution in [0.3, 0.4) is 0 Å². The summed E-state index contributed by atoms with van der Waals surface area (Å²) in [6.07, 6.45) is 14.0. The van der Waals surface area contributed by atoms with Gasteiger partial charge in [-0.1, -0.05) is 19.8 Å². The summed E-state index contributed by atoms with van der Waals surface area (Å²) in [5, 5.41) is 3.63. The smallest absolute Gasteiger partial charge is 0.0945 e. The monoisotopic (exact) mass is 249 g/mol. The second-order valence-electron chi connectivity index (χ2n) is 5.85. The van der Waals surface area contributed by atoms with Crippen molar-refractivity contribution < 1.29 is 0 Å². The fourth-order valence-electron chi connectivity index (χ4n) is 3.01. The fraction of sp³-hybridized carbons (Fsp3) is 0.800. The van der Waals surface area contributed by atoms with E-state index >= 15 is 0 Å². The summed E-state index contributed by atoms with van der Waals surface area (Å²) in [5.41, 5.74) is 0. The maximum atomic E-state index is 4.05. The molecule has 2 unspecified atom stereocenters. The molecule has 3 nitrogen and oxygen atoms in total. The molecule has 2 atom stereocenters. The molecule has 0 saturated heterocycles. The van der Waals surface area contributed by atoms with Crippen molar-refractivity contribution in [2.75, 3.05) is 13.1 Å². The third kappa shape index (κ3) is 4.81. The van der Waals surface area contributed by atoms with Gasteiger partial charge in [-0.15, -0.1) is 0 Å². The molecule has 2 rings (SSSR count). The van der Waals surface area contributed by atoms with Gasteiger partial charge >= 0.3 is 0 Å². The molecule has 3 heteroatoms. The average molecular weight is 249 g/mol. The van der Waals surface area contributed by atoms with Crippen LogP contribution in [0.25, 0.3) is 0 Å². The zero-order valence-corrected chi connectivity index (χ0v) is 11.6. The Labute approximate surface area is 111 Å². The lowest BCUT2D eigenvalue weighted by Gasteiger charge is -2.26. The number of aromatic nitrogens is 2. The number of unbranched alkanes of at least 4 members (excludes halogenated alkanes) is 1. The molecule has 0 spiro atoms. The molecule has 0 amide bonds. The molecule has 1 aliphatic carbocycles. The van der Waals surface area contributed by atoms with Gasteiger partial charge in [-0.05, 0) is 50.6 Å². The minimum absolute atomic E-state index is 0.933. The molecule has 1 saturated carbocycles. The van der Waals surface area contributed by atoms with Crippen LogP contribution in [0.5, 0.6) is 0 Å². The Bertz CT molecular complexity index is 308. The number of imidazole rings is 1. The molecule has 0 radical (unpaired) electrons. The summed E-state index contributed by atoms with van der Waals surface area (Å²) >= 11 is 0. The van der Waals surface area contributed by atoms with Crippen LogP contribution in [-0.2, 0) is 6.54 Å². The first-order chi connectivity index (χ1) is 8.84. The van der Waals surface area contributed by atoms with Crippen molar-refractivity contribution in [2.24, 2.45) is 11.8 Å². The highest BCUT2D eigenvalue weighted by Gasteiger charge is 2.17. The van der Waals surface area contributed by atoms with Crippen LogP contribution in [0, 0.1) is 11.8 Å². The van der Waals surface area contributed by atoms with E-state index in [9.17, 15) is 0 Å². The van der Waals surface area contributed by atoms with Gasteiger partial charge < -0.3 is 9.88 Å². The SMILES string of the molecule is CC1CCCC(CNCCCCn2ccnc2)C1. The molecule has 0 aromatic carbocycles. The van der Waals surface area contributed by atoms with E-state index in [2.05, 4.69) is 21.8 Å². The van der Waals surface area contributed by atoms with E-state index in [1.807, 2.05) is 18.7 Å². The highest BCUT2D eigenvalue weighted by molar-refractivity contribution is 4.74. The molecule has 0 bridgehead atoms. The normalized spacial score (nSPS) is 24.3. The van der Waals surface area contributed by atoms with Gasteiger partial charge in [-0.2, -0.15) is 0 Å². The molecular formula is C15H27N3. The highest BCUT2D eigenvalue weighted by atomic mass is 15.0. The topological polar surface area (TPSA) is 29.9 Å². The molecule has 1 aromatic rings. The van der Waals surface area contributed by atoms with E-state index in [4.69, 9.17) is 0 Å². The zero-order chi connectivity index (χ0) is 12.6. The fourth-order valence-corrected chi connectivity index (χ4v) is 3.01. The Morgan fingerprint density at radius 1 is 1.33 bits per heavy atom. The molecule has 1 heterocycles. The van der Waals surface area contributed by atoms with Crippen molar-refractivity contribution in [3.63, 3.8) is 0 Å². The first kappa shape index (κ1) is 13.6. The lowest BCUT2D eigenvalue weighted by atomic mass is 9.82. The lowest BCUT2D eigenvalue weighted by molar-refractivity contribution is 0.274. The van der Waals surface area contributed by atoms with Gasteiger partial charge in [-0.25, -0.2) is 4.98 Å². The Kier molecular flexibility index (Phi) is 5.72. The number of nitrogens with one attached hydrogen (secondary N) is 1. The summed E-state index contributed by atoms with van der Waals surface area (Å²) in [6.45, 7) is 5.90. The Hall–Kier alpha value is -0.830. The van der Waals surface area contributed by atoms with Gasteiger partial charge in [0.25, 0.3) is 0 Å². The maximum Gasteiger partial charge on any atom is 0.0945 e. The van der Waals surface area contributed by atoms with Crippen molar-refractivity contribution in [1.29, 1.82) is 0 Å². The predicted molar refractivity (Wildman–Crippen MR) is 75.5 cm³/mol. The number of hydrogen-bond donors (Lipinski definition) is 1. The van der Waals surface area contributed by atoms with E-state index in [-0.39, 0.29) is 0 Å². The first-order valence-corrected chi connectivity index (χ1v) is 7.51. The van der Waals surface area contributed by atoms with Gasteiger partial charge in [-0.3, -0.25) is 0 Å². The third-order valence-electron chi connectivity index (χ3n) is 4.06. The van der Waals surface area contributed by atoms with E-state index in [0.29, 0.717) is 0 Å². The summed E-state index contributed by atoms with van der Waals surface area (Å²) < 4.78 is 2.16. The van der Waals surface area contributed by atoms with E-state index in [1.54, 1.807) is 0 Å². The molecule has 1 fully saturated rings. The minimum atomic E-state index is 0.933. The quantitative estimate of drug-likeness (QED) is 0.753. The molecule has 18 heavy (non-hydrogen) atoms. The van der Waals surface area contributed by atoms with Crippen LogP contribution in [0.4, 0.5) is 0 Å². The molecule has 0 aliphatic heterocycles. The number of nitrogens with zero attached hydrogens (tertiary/aromatic N) is 2. The van der Waals surface area contributed by atoms with Crippen LogP contribution in [0.15, 0.2) is 18.7 Å². The van der Waals surface area contributed by atoms with Crippen molar-refractivity contribution in [3.05, 3.63) is 18.7 Å². The van der Waals surface area contributed by atoms with E-state index in [0.717, 1.165) is 18.4 Å². The van der Waals surface area contributed by atoms with Crippen LogP contribution < -0.4 is 5.32 Å².